The molecule has 61 heavy (non-hydrogen) atoms. The molecule has 0 aliphatic carbocycles. The number of nitrogens with zero attached hydrogens (tertiary/aromatic N) is 3. The third-order valence-corrected chi connectivity index (χ3v) is 8.85. The zero-order chi connectivity index (χ0) is 44.2. The summed E-state index contributed by atoms with van der Waals surface area (Å²) >= 11 is 0. The van der Waals surface area contributed by atoms with Crippen LogP contribution in [0.3, 0.4) is 0 Å². The molecule has 3 amide bonds. The van der Waals surface area contributed by atoms with Gasteiger partial charge in [-0.2, -0.15) is 0 Å². The fourth-order valence-corrected chi connectivity index (χ4v) is 6.05. The summed E-state index contributed by atoms with van der Waals surface area (Å²) in [6.07, 6.45) is -5.43. The molecular formula is C43H52N6O12. The van der Waals surface area contributed by atoms with Gasteiger partial charge < -0.3 is 44.4 Å². The van der Waals surface area contributed by atoms with Gasteiger partial charge in [-0.3, -0.25) is 9.59 Å². The monoisotopic (exact) mass is 844 g/mol. The molecule has 4 rings (SSSR count). The number of alkyl carbamates (subject to hydrolysis) is 1. The maximum absolute atomic E-state index is 13.6. The van der Waals surface area contributed by atoms with Crippen LogP contribution in [0.4, 0.5) is 4.79 Å². The lowest BCUT2D eigenvalue weighted by molar-refractivity contribution is -0.265. The minimum atomic E-state index is -1.48. The molecule has 3 aromatic carbocycles. The third kappa shape index (κ3) is 16.2. The number of carbonyl (C=O) groups is 6. The highest BCUT2D eigenvalue weighted by atomic mass is 16.7. The van der Waals surface area contributed by atoms with Gasteiger partial charge in [0.1, 0.15) is 23.9 Å². The lowest BCUT2D eigenvalue weighted by Gasteiger charge is -2.45. The van der Waals surface area contributed by atoms with Gasteiger partial charge in [-0.1, -0.05) is 66.1 Å². The topological polar surface area (TPSA) is 243 Å². The number of hydrogen-bond donors (Lipinski definition) is 3. The van der Waals surface area contributed by atoms with Crippen LogP contribution in [-0.4, -0.2) is 104 Å². The molecule has 1 aliphatic rings. The maximum Gasteiger partial charge on any atom is 0.407 e. The van der Waals surface area contributed by atoms with Crippen LogP contribution < -0.4 is 16.0 Å². The molecular weight excluding hydrogens is 793 g/mol. The van der Waals surface area contributed by atoms with E-state index in [1.165, 1.54) is 31.2 Å². The minimum absolute atomic E-state index is 0.141. The lowest BCUT2D eigenvalue weighted by atomic mass is 9.95. The summed E-state index contributed by atoms with van der Waals surface area (Å²) in [5.74, 6) is -3.29. The Balaban J connectivity index is 1.53. The molecule has 1 heterocycles. The molecule has 6 atom stereocenters. The van der Waals surface area contributed by atoms with Crippen LogP contribution >= 0.6 is 0 Å². The largest absolute Gasteiger partial charge is 0.454 e. The van der Waals surface area contributed by atoms with E-state index in [1.807, 2.05) is 0 Å². The van der Waals surface area contributed by atoms with E-state index >= 15 is 0 Å². The summed E-state index contributed by atoms with van der Waals surface area (Å²) in [6.45, 7) is 5.86. The second kappa shape index (κ2) is 23.9. The van der Waals surface area contributed by atoms with Crippen molar-refractivity contribution in [2.75, 3.05) is 26.2 Å². The highest BCUT2D eigenvalue weighted by molar-refractivity contribution is 5.91. The second-order valence-corrected chi connectivity index (χ2v) is 14.9. The van der Waals surface area contributed by atoms with E-state index in [9.17, 15) is 34.3 Å². The number of ether oxygens (including phenoxy) is 6. The number of esters is 3. The Bertz CT molecular complexity index is 1960. The lowest BCUT2D eigenvalue weighted by Crippen LogP contribution is -2.66. The van der Waals surface area contributed by atoms with Gasteiger partial charge in [-0.05, 0) is 75.5 Å². The second-order valence-electron chi connectivity index (χ2n) is 14.9. The molecule has 326 valence electrons. The first kappa shape index (κ1) is 47.2. The summed E-state index contributed by atoms with van der Waals surface area (Å²) in [4.78, 5) is 80.6. The van der Waals surface area contributed by atoms with Crippen molar-refractivity contribution in [2.24, 2.45) is 5.11 Å². The number of benzene rings is 3. The number of amides is 3. The van der Waals surface area contributed by atoms with E-state index in [4.69, 9.17) is 28.4 Å². The summed E-state index contributed by atoms with van der Waals surface area (Å²) in [6, 6.07) is 22.7. The van der Waals surface area contributed by atoms with Crippen LogP contribution in [0.2, 0.25) is 0 Å². The smallest absolute Gasteiger partial charge is 0.407 e. The maximum atomic E-state index is 13.6. The molecule has 18 heteroatoms. The normalized spacial score (nSPS) is 18.9. The van der Waals surface area contributed by atoms with E-state index in [-0.39, 0.29) is 35.6 Å². The van der Waals surface area contributed by atoms with Gasteiger partial charge in [-0.15, -0.1) is 0 Å². The summed E-state index contributed by atoms with van der Waals surface area (Å²) in [5.41, 5.74) is 9.18. The highest BCUT2D eigenvalue weighted by Crippen LogP contribution is 2.29. The summed E-state index contributed by atoms with van der Waals surface area (Å²) < 4.78 is 35.3. The molecule has 0 saturated carbocycles. The van der Waals surface area contributed by atoms with Crippen LogP contribution in [0.25, 0.3) is 10.4 Å². The molecule has 1 saturated heterocycles. The Labute approximate surface area is 353 Å². The molecule has 1 aliphatic heterocycles. The number of carbonyl (C=O) groups excluding carboxylic acids is 6. The standard InChI is InChI=1S/C43H52N6O12/c1-28(50)48-35-37(60-40(54)31-21-13-7-14-22-31)36(59-39(53)30-19-11-6-12-20-30)33(26-47-49-44)58-41(35)56-27-32(57-38(52)29-17-9-5-10-18-29)25-46-34(51)23-15-8-16-24-45-42(55)61-43(2,3)4/h5-7,9-14,17-22,32-33,35-37,41H,8,15-16,23-27H2,1-4H3,(H,45,55)(H,46,51)(H,48,50). The zero-order valence-electron chi connectivity index (χ0n) is 34.5. The Kier molecular flexibility index (Phi) is 18.5. The van der Waals surface area contributed by atoms with Gasteiger partial charge >= 0.3 is 24.0 Å². The van der Waals surface area contributed by atoms with Crippen molar-refractivity contribution >= 4 is 35.8 Å². The SMILES string of the molecule is CC(=O)NC1C(OCC(CNC(=O)CCCCCNC(=O)OC(C)(C)C)OC(=O)c2ccccc2)OC(CN=[N+]=[N-])C(OC(=O)c2ccccc2)C1OC(=O)c1ccccc1. The molecule has 6 unspecified atom stereocenters. The predicted octanol–water partition coefficient (Wildman–Crippen LogP) is 5.42. The number of unbranched alkanes of at least 4 members (excludes halogenated alkanes) is 2. The number of nitrogens with one attached hydrogen (secondary N) is 3. The first-order valence-electron chi connectivity index (χ1n) is 19.8. The molecule has 3 N–H and O–H groups in total. The van der Waals surface area contributed by atoms with Gasteiger partial charge in [0.15, 0.2) is 18.5 Å². The van der Waals surface area contributed by atoms with E-state index in [1.54, 1.807) is 87.5 Å². The Morgan fingerprint density at radius 1 is 0.770 bits per heavy atom. The van der Waals surface area contributed by atoms with E-state index in [0.29, 0.717) is 25.8 Å². The summed E-state index contributed by atoms with van der Waals surface area (Å²) in [7, 11) is 0. The van der Waals surface area contributed by atoms with Crippen LogP contribution in [0.1, 0.15) is 84.5 Å². The number of azide groups is 1. The van der Waals surface area contributed by atoms with E-state index in [2.05, 4.69) is 26.0 Å². The summed E-state index contributed by atoms with van der Waals surface area (Å²) in [5, 5.41) is 11.8. The average Bonchev–Trinajstić information content (AvgIpc) is 3.24. The molecule has 0 radical (unpaired) electrons. The fourth-order valence-electron chi connectivity index (χ4n) is 6.05. The molecule has 18 nitrogen and oxygen atoms in total. The van der Waals surface area contributed by atoms with Crippen molar-refractivity contribution in [1.82, 2.24) is 16.0 Å². The van der Waals surface area contributed by atoms with Crippen molar-refractivity contribution in [3.63, 3.8) is 0 Å². The Morgan fingerprint density at radius 2 is 1.33 bits per heavy atom. The van der Waals surface area contributed by atoms with Crippen LogP contribution in [0.5, 0.6) is 0 Å². The molecule has 0 bridgehead atoms. The number of rotatable bonds is 20. The van der Waals surface area contributed by atoms with E-state index < -0.39 is 85.4 Å². The van der Waals surface area contributed by atoms with E-state index in [0.717, 1.165) is 0 Å². The van der Waals surface area contributed by atoms with Crippen molar-refractivity contribution in [3.05, 3.63) is 118 Å². The quantitative estimate of drug-likeness (QED) is 0.0323. The van der Waals surface area contributed by atoms with Gasteiger partial charge in [0, 0.05) is 24.8 Å². The fraction of sp³-hybridized carbons (Fsp3) is 0.442. The Hall–Kier alpha value is -6.49. The minimum Gasteiger partial charge on any atom is -0.454 e. The van der Waals surface area contributed by atoms with Gasteiger partial charge in [0.25, 0.3) is 0 Å². The van der Waals surface area contributed by atoms with Crippen LogP contribution in [-0.2, 0) is 38.0 Å². The van der Waals surface area contributed by atoms with Crippen molar-refractivity contribution in [2.45, 2.75) is 95.7 Å². The molecule has 1 fully saturated rings. The van der Waals surface area contributed by atoms with Crippen LogP contribution in [0.15, 0.2) is 96.1 Å². The van der Waals surface area contributed by atoms with Crippen molar-refractivity contribution in [1.29, 1.82) is 0 Å². The first-order valence-corrected chi connectivity index (χ1v) is 19.8. The van der Waals surface area contributed by atoms with Gasteiger partial charge in [0.2, 0.25) is 11.8 Å². The van der Waals surface area contributed by atoms with Crippen LogP contribution in [0, 0.1) is 0 Å². The number of hydrogen-bond acceptors (Lipinski definition) is 13. The predicted molar refractivity (Wildman–Crippen MR) is 219 cm³/mol. The average molecular weight is 845 g/mol. The molecule has 0 spiro atoms. The molecule has 3 aromatic rings. The first-order chi connectivity index (χ1) is 29.2. The van der Waals surface area contributed by atoms with Crippen molar-refractivity contribution in [3.8, 4) is 0 Å². The van der Waals surface area contributed by atoms with Gasteiger partial charge in [0.05, 0.1) is 36.4 Å². The Morgan fingerprint density at radius 3 is 1.87 bits per heavy atom. The highest BCUT2D eigenvalue weighted by Gasteiger charge is 2.51. The van der Waals surface area contributed by atoms with Gasteiger partial charge in [-0.25, -0.2) is 19.2 Å². The third-order valence-electron chi connectivity index (χ3n) is 8.85. The van der Waals surface area contributed by atoms with Crippen molar-refractivity contribution < 1.29 is 57.2 Å². The molecule has 0 aromatic heterocycles. The zero-order valence-corrected chi connectivity index (χ0v) is 34.5.